The topological polar surface area (TPSA) is 39.7 Å². The zero-order valence-electron chi connectivity index (χ0n) is 12.1. The summed E-state index contributed by atoms with van der Waals surface area (Å²) < 4.78 is 17.0. The second kappa shape index (κ2) is 9.73. The third kappa shape index (κ3) is 6.69. The summed E-state index contributed by atoms with van der Waals surface area (Å²) in [7, 11) is 0. The molecule has 0 radical (unpaired) electrons. The molecule has 0 amide bonds. The normalized spacial score (nSPS) is 25.5. The van der Waals surface area contributed by atoms with E-state index in [1.807, 2.05) is 13.8 Å². The van der Waals surface area contributed by atoms with E-state index in [4.69, 9.17) is 14.2 Å². The highest BCUT2D eigenvalue weighted by atomic mass is 16.6. The molecule has 0 aliphatic carbocycles. The van der Waals surface area contributed by atoms with Crippen molar-refractivity contribution in [1.29, 1.82) is 0 Å². The van der Waals surface area contributed by atoms with Crippen LogP contribution in [0.25, 0.3) is 0 Å². The molecule has 1 rings (SSSR count). The fourth-order valence-electron chi connectivity index (χ4n) is 2.10. The van der Waals surface area contributed by atoms with Gasteiger partial charge in [-0.2, -0.15) is 0 Å². The molecule has 0 spiro atoms. The van der Waals surface area contributed by atoms with Crippen LogP contribution in [0.5, 0.6) is 0 Å². The van der Waals surface area contributed by atoms with Gasteiger partial charge in [0.05, 0.1) is 31.5 Å². The van der Waals surface area contributed by atoms with Crippen LogP contribution in [0.1, 0.15) is 40.0 Å². The summed E-state index contributed by atoms with van der Waals surface area (Å²) in [5.74, 6) is 0. The lowest BCUT2D eigenvalue weighted by atomic mass is 10.2. The monoisotopic (exact) mass is 259 g/mol. The summed E-state index contributed by atoms with van der Waals surface area (Å²) >= 11 is 0. The molecule has 0 aromatic heterocycles. The van der Waals surface area contributed by atoms with Gasteiger partial charge in [0.15, 0.2) is 0 Å². The van der Waals surface area contributed by atoms with Crippen molar-refractivity contribution in [2.24, 2.45) is 0 Å². The van der Waals surface area contributed by atoms with Crippen LogP contribution in [0.2, 0.25) is 0 Å². The summed E-state index contributed by atoms with van der Waals surface area (Å²) in [5.41, 5.74) is 0. The van der Waals surface area contributed by atoms with Crippen molar-refractivity contribution in [3.8, 4) is 0 Å². The molecule has 1 aliphatic heterocycles. The van der Waals surface area contributed by atoms with E-state index in [1.165, 1.54) is 6.42 Å². The average Bonchev–Trinajstić information content (AvgIpc) is 2.82. The van der Waals surface area contributed by atoms with Crippen LogP contribution in [0.15, 0.2) is 0 Å². The van der Waals surface area contributed by atoms with Crippen LogP contribution in [0.3, 0.4) is 0 Å². The number of ether oxygens (including phenoxy) is 3. The Labute approximate surface area is 111 Å². The third-order valence-electron chi connectivity index (χ3n) is 3.12. The van der Waals surface area contributed by atoms with Crippen molar-refractivity contribution >= 4 is 0 Å². The summed E-state index contributed by atoms with van der Waals surface area (Å²) in [6.07, 6.45) is 4.22. The Balaban J connectivity index is 2.03. The fourth-order valence-corrected chi connectivity index (χ4v) is 2.10. The van der Waals surface area contributed by atoms with Crippen LogP contribution in [-0.2, 0) is 14.2 Å². The molecule has 108 valence electrons. The summed E-state index contributed by atoms with van der Waals surface area (Å²) in [5, 5.41) is 3.40. The van der Waals surface area contributed by atoms with Crippen molar-refractivity contribution in [3.05, 3.63) is 0 Å². The van der Waals surface area contributed by atoms with Gasteiger partial charge in [0.25, 0.3) is 0 Å². The minimum absolute atomic E-state index is 0.158. The van der Waals surface area contributed by atoms with Crippen molar-refractivity contribution < 1.29 is 14.2 Å². The zero-order valence-corrected chi connectivity index (χ0v) is 12.1. The highest BCUT2D eigenvalue weighted by molar-refractivity contribution is 4.75. The molecule has 0 aromatic rings. The molecule has 4 nitrogen and oxygen atoms in total. The van der Waals surface area contributed by atoms with Gasteiger partial charge in [-0.1, -0.05) is 6.92 Å². The third-order valence-corrected chi connectivity index (χ3v) is 3.12. The Morgan fingerprint density at radius 3 is 2.78 bits per heavy atom. The molecule has 0 saturated carbocycles. The van der Waals surface area contributed by atoms with Crippen LogP contribution in [0.4, 0.5) is 0 Å². The molecule has 3 atom stereocenters. The van der Waals surface area contributed by atoms with E-state index in [1.54, 1.807) is 0 Å². The summed E-state index contributed by atoms with van der Waals surface area (Å²) in [6, 6.07) is 0. The molecule has 0 bridgehead atoms. The largest absolute Gasteiger partial charge is 0.379 e. The van der Waals surface area contributed by atoms with E-state index in [-0.39, 0.29) is 12.2 Å². The van der Waals surface area contributed by atoms with Crippen molar-refractivity contribution in [3.63, 3.8) is 0 Å². The van der Waals surface area contributed by atoms with Crippen LogP contribution < -0.4 is 5.32 Å². The minimum Gasteiger partial charge on any atom is -0.379 e. The van der Waals surface area contributed by atoms with Crippen LogP contribution >= 0.6 is 0 Å². The second-order valence-electron chi connectivity index (χ2n) is 4.96. The van der Waals surface area contributed by atoms with Crippen molar-refractivity contribution in [1.82, 2.24) is 5.32 Å². The van der Waals surface area contributed by atoms with Gasteiger partial charge >= 0.3 is 0 Å². The van der Waals surface area contributed by atoms with Gasteiger partial charge in [0.1, 0.15) is 0 Å². The maximum atomic E-state index is 5.93. The minimum atomic E-state index is 0.158. The second-order valence-corrected chi connectivity index (χ2v) is 4.96. The predicted molar refractivity (Wildman–Crippen MR) is 73.0 cm³/mol. The molecule has 1 heterocycles. The molecular weight excluding hydrogens is 230 g/mol. The van der Waals surface area contributed by atoms with E-state index in [0.717, 1.165) is 32.5 Å². The summed E-state index contributed by atoms with van der Waals surface area (Å²) in [4.78, 5) is 0. The molecular formula is C14H29NO3. The Bertz CT molecular complexity index is 201. The number of nitrogens with one attached hydrogen (secondary N) is 1. The van der Waals surface area contributed by atoms with Gasteiger partial charge in [-0.3, -0.25) is 0 Å². The van der Waals surface area contributed by atoms with Crippen LogP contribution in [-0.4, -0.2) is 51.2 Å². The molecule has 0 aromatic carbocycles. The standard InChI is InChI=1S/C14H29NO3/c1-4-8-15-9-13-6-7-14(18-13)11-17-12(3)10-16-5-2/h12-15H,4-11H2,1-3H3. The van der Waals surface area contributed by atoms with Gasteiger partial charge in [-0.05, 0) is 39.7 Å². The van der Waals surface area contributed by atoms with E-state index in [2.05, 4.69) is 12.2 Å². The smallest absolute Gasteiger partial charge is 0.0814 e. The Kier molecular flexibility index (Phi) is 8.59. The predicted octanol–water partition coefficient (Wildman–Crippen LogP) is 1.98. The fraction of sp³-hybridized carbons (Fsp3) is 1.00. The van der Waals surface area contributed by atoms with Crippen molar-refractivity contribution in [2.45, 2.75) is 58.3 Å². The number of hydrogen-bond donors (Lipinski definition) is 1. The lowest BCUT2D eigenvalue weighted by Crippen LogP contribution is -2.29. The average molecular weight is 259 g/mol. The maximum Gasteiger partial charge on any atom is 0.0814 e. The zero-order chi connectivity index (χ0) is 13.2. The first-order valence-electron chi connectivity index (χ1n) is 7.31. The van der Waals surface area contributed by atoms with Gasteiger partial charge in [0.2, 0.25) is 0 Å². The molecule has 1 saturated heterocycles. The molecule has 3 unspecified atom stereocenters. The highest BCUT2D eigenvalue weighted by Gasteiger charge is 2.25. The quantitative estimate of drug-likeness (QED) is 0.609. The molecule has 1 N–H and O–H groups in total. The Morgan fingerprint density at radius 1 is 1.28 bits per heavy atom. The Hall–Kier alpha value is -0.160. The van der Waals surface area contributed by atoms with E-state index < -0.39 is 0 Å². The van der Waals surface area contributed by atoms with Gasteiger partial charge in [-0.15, -0.1) is 0 Å². The molecule has 18 heavy (non-hydrogen) atoms. The first-order chi connectivity index (χ1) is 8.76. The molecule has 1 aliphatic rings. The summed E-state index contributed by atoms with van der Waals surface area (Å²) in [6.45, 7) is 10.4. The lowest BCUT2D eigenvalue weighted by molar-refractivity contribution is -0.0582. The highest BCUT2D eigenvalue weighted by Crippen LogP contribution is 2.19. The number of rotatable bonds is 10. The SMILES string of the molecule is CCCNCC1CCC(COC(C)COCC)O1. The van der Waals surface area contributed by atoms with Crippen LogP contribution in [0, 0.1) is 0 Å². The molecule has 4 heteroatoms. The van der Waals surface area contributed by atoms with E-state index in [0.29, 0.717) is 19.3 Å². The van der Waals surface area contributed by atoms with Gasteiger partial charge in [0, 0.05) is 13.2 Å². The van der Waals surface area contributed by atoms with E-state index >= 15 is 0 Å². The Morgan fingerprint density at radius 2 is 2.06 bits per heavy atom. The number of hydrogen-bond acceptors (Lipinski definition) is 4. The van der Waals surface area contributed by atoms with Gasteiger partial charge < -0.3 is 19.5 Å². The first-order valence-corrected chi connectivity index (χ1v) is 7.31. The van der Waals surface area contributed by atoms with Crippen molar-refractivity contribution in [2.75, 3.05) is 32.9 Å². The molecule has 1 fully saturated rings. The first kappa shape index (κ1) is 15.9. The maximum absolute atomic E-state index is 5.93. The van der Waals surface area contributed by atoms with E-state index in [9.17, 15) is 0 Å². The lowest BCUT2D eigenvalue weighted by Gasteiger charge is -2.17. The van der Waals surface area contributed by atoms with Gasteiger partial charge in [-0.25, -0.2) is 0 Å².